The van der Waals surface area contributed by atoms with Crippen molar-refractivity contribution in [3.63, 3.8) is 0 Å². The molecule has 18 heavy (non-hydrogen) atoms. The molecule has 4 heteroatoms. The van der Waals surface area contributed by atoms with E-state index in [1.165, 1.54) is 5.56 Å². The number of halogens is 1. The van der Waals surface area contributed by atoms with Crippen molar-refractivity contribution < 1.29 is 4.74 Å². The second-order valence-electron chi connectivity index (χ2n) is 4.58. The van der Waals surface area contributed by atoms with Gasteiger partial charge in [-0.05, 0) is 32.0 Å². The average Bonchev–Trinajstić information content (AvgIpc) is 2.41. The number of rotatable bonds is 4. The average molecular weight is 313 g/mol. The summed E-state index contributed by atoms with van der Waals surface area (Å²) in [5.74, 6) is 1.01. The fourth-order valence-electron chi connectivity index (χ4n) is 2.40. The minimum absolute atomic E-state index is 0.395. The molecule has 1 heterocycles. The predicted octanol–water partition coefficient (Wildman–Crippen LogP) is 2.81. The zero-order valence-corrected chi connectivity index (χ0v) is 12.7. The third-order valence-corrected chi connectivity index (χ3v) is 3.91. The van der Waals surface area contributed by atoms with Crippen molar-refractivity contribution in [2.45, 2.75) is 19.9 Å². The van der Waals surface area contributed by atoms with E-state index in [9.17, 15) is 0 Å². The summed E-state index contributed by atoms with van der Waals surface area (Å²) in [5.41, 5.74) is 1.27. The maximum atomic E-state index is 5.74. The van der Waals surface area contributed by atoms with Gasteiger partial charge in [0, 0.05) is 42.3 Å². The third kappa shape index (κ3) is 3.25. The molecule has 1 aromatic carbocycles. The Bertz CT molecular complexity index is 391. The minimum Gasteiger partial charge on any atom is -0.494 e. The van der Waals surface area contributed by atoms with Crippen molar-refractivity contribution in [3.8, 4) is 5.75 Å². The van der Waals surface area contributed by atoms with Crippen LogP contribution < -0.4 is 10.1 Å². The molecule has 1 aliphatic rings. The monoisotopic (exact) mass is 312 g/mol. The van der Waals surface area contributed by atoms with Gasteiger partial charge in [-0.25, -0.2) is 0 Å². The van der Waals surface area contributed by atoms with Crippen LogP contribution in [0.3, 0.4) is 0 Å². The van der Waals surface area contributed by atoms with Crippen LogP contribution in [-0.4, -0.2) is 37.7 Å². The van der Waals surface area contributed by atoms with Gasteiger partial charge in [0.1, 0.15) is 5.75 Å². The highest BCUT2D eigenvalue weighted by molar-refractivity contribution is 9.10. The first-order valence-corrected chi connectivity index (χ1v) is 7.38. The standard InChI is InChI=1S/C14H21BrN2O/c1-3-18-14-5-4-12(15)10-13(14)11(2)17-8-6-16-7-9-17/h4-5,10-11,16H,3,6-9H2,1-2H3/t11-/m1/s1. The van der Waals surface area contributed by atoms with E-state index >= 15 is 0 Å². The van der Waals surface area contributed by atoms with Crippen molar-refractivity contribution in [2.24, 2.45) is 0 Å². The van der Waals surface area contributed by atoms with E-state index in [1.807, 2.05) is 13.0 Å². The van der Waals surface area contributed by atoms with Gasteiger partial charge in [0.15, 0.2) is 0 Å². The number of benzene rings is 1. The molecule has 1 saturated heterocycles. The van der Waals surface area contributed by atoms with E-state index in [0.29, 0.717) is 12.6 Å². The van der Waals surface area contributed by atoms with Gasteiger partial charge in [-0.3, -0.25) is 4.90 Å². The highest BCUT2D eigenvalue weighted by Crippen LogP contribution is 2.32. The first-order chi connectivity index (χ1) is 8.72. The van der Waals surface area contributed by atoms with Gasteiger partial charge in [-0.1, -0.05) is 15.9 Å². The summed E-state index contributed by atoms with van der Waals surface area (Å²) in [6.07, 6.45) is 0. The van der Waals surface area contributed by atoms with Gasteiger partial charge >= 0.3 is 0 Å². The Morgan fingerprint density at radius 1 is 1.39 bits per heavy atom. The molecule has 0 amide bonds. The van der Waals surface area contributed by atoms with Crippen LogP contribution in [0.25, 0.3) is 0 Å². The number of ether oxygens (including phenoxy) is 1. The summed E-state index contributed by atoms with van der Waals surface area (Å²) in [6, 6.07) is 6.67. The van der Waals surface area contributed by atoms with Gasteiger partial charge in [0.05, 0.1) is 6.61 Å². The largest absolute Gasteiger partial charge is 0.494 e. The zero-order chi connectivity index (χ0) is 13.0. The zero-order valence-electron chi connectivity index (χ0n) is 11.1. The Labute approximate surface area is 118 Å². The van der Waals surface area contributed by atoms with Crippen LogP contribution in [0.15, 0.2) is 22.7 Å². The molecule has 1 aliphatic heterocycles. The van der Waals surface area contributed by atoms with E-state index in [2.05, 4.69) is 45.2 Å². The Balaban J connectivity index is 2.21. The lowest BCUT2D eigenvalue weighted by Gasteiger charge is -2.33. The number of nitrogens with one attached hydrogen (secondary N) is 1. The highest BCUT2D eigenvalue weighted by atomic mass is 79.9. The van der Waals surface area contributed by atoms with Crippen molar-refractivity contribution in [1.29, 1.82) is 0 Å². The number of hydrogen-bond donors (Lipinski definition) is 1. The smallest absolute Gasteiger partial charge is 0.124 e. The van der Waals surface area contributed by atoms with Gasteiger partial charge in [0.2, 0.25) is 0 Å². The summed E-state index contributed by atoms with van der Waals surface area (Å²) in [5, 5.41) is 3.39. The summed E-state index contributed by atoms with van der Waals surface area (Å²) >= 11 is 3.55. The second-order valence-corrected chi connectivity index (χ2v) is 5.49. The molecule has 0 radical (unpaired) electrons. The Morgan fingerprint density at radius 3 is 2.78 bits per heavy atom. The highest BCUT2D eigenvalue weighted by Gasteiger charge is 2.21. The maximum Gasteiger partial charge on any atom is 0.124 e. The molecule has 1 aromatic rings. The van der Waals surface area contributed by atoms with Crippen molar-refractivity contribution in [3.05, 3.63) is 28.2 Å². The van der Waals surface area contributed by atoms with Crippen LogP contribution in [0.2, 0.25) is 0 Å². The van der Waals surface area contributed by atoms with Crippen molar-refractivity contribution in [2.75, 3.05) is 32.8 Å². The Hall–Kier alpha value is -0.580. The van der Waals surface area contributed by atoms with E-state index in [4.69, 9.17) is 4.74 Å². The SMILES string of the molecule is CCOc1ccc(Br)cc1[C@@H](C)N1CCNCC1. The third-order valence-electron chi connectivity index (χ3n) is 3.42. The topological polar surface area (TPSA) is 24.5 Å². The Kier molecular flexibility index (Phi) is 5.03. The molecule has 2 rings (SSSR count). The molecular weight excluding hydrogens is 292 g/mol. The van der Waals surface area contributed by atoms with Gasteiger partial charge in [-0.2, -0.15) is 0 Å². The number of hydrogen-bond acceptors (Lipinski definition) is 3. The molecule has 0 aliphatic carbocycles. The van der Waals surface area contributed by atoms with Gasteiger partial charge < -0.3 is 10.1 Å². The van der Waals surface area contributed by atoms with E-state index in [0.717, 1.165) is 36.4 Å². The van der Waals surface area contributed by atoms with Crippen LogP contribution in [0, 0.1) is 0 Å². The fraction of sp³-hybridized carbons (Fsp3) is 0.571. The summed E-state index contributed by atoms with van der Waals surface area (Å²) < 4.78 is 6.85. The molecule has 1 atom stereocenters. The molecule has 1 N–H and O–H groups in total. The van der Waals surface area contributed by atoms with Crippen LogP contribution in [0.4, 0.5) is 0 Å². The molecule has 3 nitrogen and oxygen atoms in total. The maximum absolute atomic E-state index is 5.74. The molecule has 0 bridgehead atoms. The molecular formula is C14H21BrN2O. The van der Waals surface area contributed by atoms with Crippen LogP contribution in [-0.2, 0) is 0 Å². The van der Waals surface area contributed by atoms with Crippen LogP contribution >= 0.6 is 15.9 Å². The number of nitrogens with zero attached hydrogens (tertiary/aromatic N) is 1. The van der Waals surface area contributed by atoms with Gasteiger partial charge in [0.25, 0.3) is 0 Å². The van der Waals surface area contributed by atoms with E-state index in [-0.39, 0.29) is 0 Å². The normalized spacial score (nSPS) is 18.6. The molecule has 0 spiro atoms. The second kappa shape index (κ2) is 6.55. The predicted molar refractivity (Wildman–Crippen MR) is 78.2 cm³/mol. The summed E-state index contributed by atoms with van der Waals surface area (Å²) in [4.78, 5) is 2.50. The summed E-state index contributed by atoms with van der Waals surface area (Å²) in [6.45, 7) is 9.34. The first-order valence-electron chi connectivity index (χ1n) is 6.59. The lowest BCUT2D eigenvalue weighted by atomic mass is 10.0. The van der Waals surface area contributed by atoms with Crippen LogP contribution in [0.1, 0.15) is 25.5 Å². The van der Waals surface area contributed by atoms with Gasteiger partial charge in [-0.15, -0.1) is 0 Å². The lowest BCUT2D eigenvalue weighted by Crippen LogP contribution is -2.44. The van der Waals surface area contributed by atoms with E-state index in [1.54, 1.807) is 0 Å². The molecule has 0 unspecified atom stereocenters. The molecule has 1 fully saturated rings. The van der Waals surface area contributed by atoms with Crippen molar-refractivity contribution >= 4 is 15.9 Å². The molecule has 0 aromatic heterocycles. The van der Waals surface area contributed by atoms with Crippen LogP contribution in [0.5, 0.6) is 5.75 Å². The molecule has 0 saturated carbocycles. The quantitative estimate of drug-likeness (QED) is 0.925. The fourth-order valence-corrected chi connectivity index (χ4v) is 2.78. The lowest BCUT2D eigenvalue weighted by molar-refractivity contribution is 0.181. The number of piperazine rings is 1. The van der Waals surface area contributed by atoms with Crippen molar-refractivity contribution in [1.82, 2.24) is 10.2 Å². The minimum atomic E-state index is 0.395. The Morgan fingerprint density at radius 2 is 2.11 bits per heavy atom. The summed E-state index contributed by atoms with van der Waals surface area (Å²) in [7, 11) is 0. The first kappa shape index (κ1) is 13.8. The van der Waals surface area contributed by atoms with E-state index < -0.39 is 0 Å². The molecule has 100 valence electrons.